The zero-order valence-corrected chi connectivity index (χ0v) is 37.8. The summed E-state index contributed by atoms with van der Waals surface area (Å²) in [5.74, 6) is -5.15. The van der Waals surface area contributed by atoms with Crippen LogP contribution in [0.2, 0.25) is 0 Å². The Bertz CT molecular complexity index is 2910. The Balaban J connectivity index is 1.36. The number of benzene rings is 4. The van der Waals surface area contributed by atoms with Crippen LogP contribution in [0, 0.1) is 29.1 Å². The summed E-state index contributed by atoms with van der Waals surface area (Å²) >= 11 is 0.886. The van der Waals surface area contributed by atoms with Crippen LogP contribution in [0.4, 0.5) is 19.0 Å². The number of hydrogen-bond acceptors (Lipinski definition) is 9. The van der Waals surface area contributed by atoms with E-state index in [4.69, 9.17) is 9.73 Å². The number of nitriles is 1. The molecule has 348 valence electrons. The second kappa shape index (κ2) is 20.0. The van der Waals surface area contributed by atoms with Crippen LogP contribution in [0.3, 0.4) is 0 Å². The van der Waals surface area contributed by atoms with Crippen LogP contribution in [0.5, 0.6) is 0 Å². The molecule has 0 bridgehead atoms. The number of amidine groups is 1. The summed E-state index contributed by atoms with van der Waals surface area (Å²) in [5.41, 5.74) is -0.340. The minimum absolute atomic E-state index is 0.0239. The second-order valence-corrected chi connectivity index (χ2v) is 18.2. The molecule has 17 heteroatoms. The van der Waals surface area contributed by atoms with Crippen molar-refractivity contribution in [1.82, 2.24) is 10.3 Å². The van der Waals surface area contributed by atoms with E-state index in [2.05, 4.69) is 28.6 Å². The highest BCUT2D eigenvalue weighted by Gasteiger charge is 2.37. The normalized spacial score (nSPS) is 19.1. The summed E-state index contributed by atoms with van der Waals surface area (Å²) in [7, 11) is 0. The number of aliphatic imine (C=N–C) groups is 1. The van der Waals surface area contributed by atoms with E-state index in [1.807, 2.05) is 13.8 Å². The SMILES string of the molecule is CC1CC(C)C(OC(=O)c2c(NC(=O)c3cccc(C(F)(F)F)c3)[nH]c(/C=C3\N=C(NC(=O)C(C)Sc4cc(C(=O)O)cc(C(=O)O)c4)C(C#N)=C3c3ccccc3)c2-c2ccccc2)C(C)C1. The summed E-state index contributed by atoms with van der Waals surface area (Å²) in [5, 5.41) is 34.2. The van der Waals surface area contributed by atoms with Gasteiger partial charge in [0.2, 0.25) is 5.91 Å². The number of rotatable bonds is 12. The van der Waals surface area contributed by atoms with Crippen LogP contribution in [-0.4, -0.2) is 62.1 Å². The fourth-order valence-electron chi connectivity index (χ4n) is 8.67. The Kier molecular flexibility index (Phi) is 14.2. The molecule has 13 nitrogen and oxygen atoms in total. The number of ether oxygens (including phenoxy) is 1. The number of carboxylic acids is 2. The van der Waals surface area contributed by atoms with Gasteiger partial charge in [-0.05, 0) is 91.1 Å². The maximum absolute atomic E-state index is 14.8. The summed E-state index contributed by atoms with van der Waals surface area (Å²) in [6.07, 6.45) is -2.14. The predicted octanol–water partition coefficient (Wildman–Crippen LogP) is 10.6. The van der Waals surface area contributed by atoms with Crippen molar-refractivity contribution in [3.05, 3.63) is 153 Å². The molecule has 1 aliphatic carbocycles. The number of allylic oxidation sites excluding steroid dienone is 1. The van der Waals surface area contributed by atoms with E-state index in [-0.39, 0.29) is 78.7 Å². The van der Waals surface area contributed by atoms with Gasteiger partial charge in [0.05, 0.1) is 33.3 Å². The minimum atomic E-state index is -4.74. The minimum Gasteiger partial charge on any atom is -0.478 e. The number of esters is 1. The number of anilines is 1. The van der Waals surface area contributed by atoms with Crippen LogP contribution >= 0.6 is 11.8 Å². The summed E-state index contributed by atoms with van der Waals surface area (Å²) in [4.78, 5) is 74.1. The monoisotopic (exact) mass is 943 g/mol. The molecular weight excluding hydrogens is 900 g/mol. The fourth-order valence-corrected chi connectivity index (χ4v) is 9.63. The van der Waals surface area contributed by atoms with Crippen molar-refractivity contribution in [1.29, 1.82) is 5.26 Å². The van der Waals surface area contributed by atoms with Crippen LogP contribution in [0.15, 0.2) is 124 Å². The lowest BCUT2D eigenvalue weighted by Gasteiger charge is -2.37. The quantitative estimate of drug-likeness (QED) is 0.0590. The highest BCUT2D eigenvalue weighted by molar-refractivity contribution is 8.00. The van der Waals surface area contributed by atoms with E-state index >= 15 is 0 Å². The first-order chi connectivity index (χ1) is 32.3. The second-order valence-electron chi connectivity index (χ2n) is 16.8. The molecule has 1 aliphatic heterocycles. The average molecular weight is 944 g/mol. The van der Waals surface area contributed by atoms with Gasteiger partial charge in [0.1, 0.15) is 29.1 Å². The van der Waals surface area contributed by atoms with Gasteiger partial charge in [0, 0.05) is 21.6 Å². The summed E-state index contributed by atoms with van der Waals surface area (Å²) in [6, 6.07) is 26.8. The molecule has 3 atom stereocenters. The van der Waals surface area contributed by atoms with Gasteiger partial charge in [-0.15, -0.1) is 11.8 Å². The highest BCUT2D eigenvalue weighted by atomic mass is 32.2. The smallest absolute Gasteiger partial charge is 0.416 e. The van der Waals surface area contributed by atoms with Gasteiger partial charge in [-0.2, -0.15) is 18.4 Å². The van der Waals surface area contributed by atoms with E-state index < -0.39 is 52.8 Å². The lowest BCUT2D eigenvalue weighted by molar-refractivity contribution is -0.137. The molecule has 5 N–H and O–H groups in total. The van der Waals surface area contributed by atoms with Crippen LogP contribution in [0.1, 0.15) is 98.8 Å². The van der Waals surface area contributed by atoms with Gasteiger partial charge in [-0.1, -0.05) is 87.5 Å². The maximum atomic E-state index is 14.8. The Hall–Kier alpha value is -7.71. The Labute approximate surface area is 392 Å². The third-order valence-electron chi connectivity index (χ3n) is 11.7. The number of aromatic nitrogens is 1. The zero-order chi connectivity index (χ0) is 49.0. The molecule has 4 aromatic carbocycles. The number of amides is 2. The van der Waals surface area contributed by atoms with Crippen molar-refractivity contribution in [3.63, 3.8) is 0 Å². The molecule has 3 unspecified atom stereocenters. The van der Waals surface area contributed by atoms with Gasteiger partial charge in [-0.3, -0.25) is 9.59 Å². The van der Waals surface area contributed by atoms with E-state index in [0.717, 1.165) is 42.8 Å². The van der Waals surface area contributed by atoms with Gasteiger partial charge in [0.25, 0.3) is 5.91 Å². The molecule has 2 amide bonds. The molecule has 0 radical (unpaired) electrons. The van der Waals surface area contributed by atoms with Crippen LogP contribution in [0.25, 0.3) is 22.8 Å². The van der Waals surface area contributed by atoms with Crippen molar-refractivity contribution in [2.24, 2.45) is 22.7 Å². The Morgan fingerprint density at radius 3 is 2.01 bits per heavy atom. The van der Waals surface area contributed by atoms with Gasteiger partial charge < -0.3 is 30.6 Å². The first-order valence-corrected chi connectivity index (χ1v) is 22.3. The number of carboxylic acid groups (broad SMARTS) is 2. The number of alkyl halides is 3. The molecule has 68 heavy (non-hydrogen) atoms. The largest absolute Gasteiger partial charge is 0.478 e. The third-order valence-corrected chi connectivity index (χ3v) is 12.7. The van der Waals surface area contributed by atoms with Crippen molar-refractivity contribution in [2.75, 3.05) is 5.32 Å². The molecule has 1 fully saturated rings. The molecule has 0 spiro atoms. The number of carbonyl (C=O) groups excluding carboxylic acids is 3. The lowest BCUT2D eigenvalue weighted by Crippen LogP contribution is -2.37. The number of aromatic carboxylic acids is 2. The molecule has 1 aromatic heterocycles. The number of H-pyrrole nitrogens is 1. The Morgan fingerprint density at radius 2 is 1.44 bits per heavy atom. The first-order valence-electron chi connectivity index (χ1n) is 21.4. The number of aromatic amines is 1. The Morgan fingerprint density at radius 1 is 0.838 bits per heavy atom. The van der Waals surface area contributed by atoms with Crippen molar-refractivity contribution < 1.29 is 52.1 Å². The summed E-state index contributed by atoms with van der Waals surface area (Å²) in [6.45, 7) is 7.63. The van der Waals surface area contributed by atoms with E-state index in [1.165, 1.54) is 31.2 Å². The highest BCUT2D eigenvalue weighted by Crippen LogP contribution is 2.42. The van der Waals surface area contributed by atoms with Crippen LogP contribution in [-0.2, 0) is 15.7 Å². The average Bonchev–Trinajstić information content (AvgIpc) is 3.83. The van der Waals surface area contributed by atoms with Crippen molar-refractivity contribution in [3.8, 4) is 17.2 Å². The molecule has 5 aromatic rings. The predicted molar refractivity (Wildman–Crippen MR) is 250 cm³/mol. The molecule has 2 heterocycles. The first kappa shape index (κ1) is 48.2. The van der Waals surface area contributed by atoms with Gasteiger partial charge >= 0.3 is 24.1 Å². The fraction of sp³-hybridized carbons (Fsp3) is 0.235. The van der Waals surface area contributed by atoms with Crippen LogP contribution < -0.4 is 10.6 Å². The summed E-state index contributed by atoms with van der Waals surface area (Å²) < 4.78 is 47.7. The maximum Gasteiger partial charge on any atom is 0.416 e. The number of thioether (sulfide) groups is 1. The standard InChI is InChI=1S/C51H44F3N5O8S/c1-26-18-27(2)43(28(3)19-26)67-50(66)42-41(31-14-9-6-10-15-31)39(57-45(42)59-47(61)32-16-11-17-35(21-32)51(52,53)54)24-38-40(30-12-7-5-8-13-30)37(25-55)44(56-38)58-46(60)29(4)68-36-22-33(48(62)63)20-34(23-36)49(64)65/h5-17,20-24,26-29,43,57H,18-19H2,1-4H3,(H,59,61)(H,62,63)(H,64,65)(H,56,58,60)/b38-24-. The third kappa shape index (κ3) is 10.6. The molecular formula is C51H44F3N5O8S. The molecule has 0 saturated heterocycles. The number of nitrogens with one attached hydrogen (secondary N) is 3. The van der Waals surface area contributed by atoms with E-state index in [0.29, 0.717) is 23.1 Å². The van der Waals surface area contributed by atoms with Gasteiger partial charge in [0.15, 0.2) is 5.84 Å². The van der Waals surface area contributed by atoms with Gasteiger partial charge in [-0.25, -0.2) is 19.4 Å². The molecule has 7 rings (SSSR count). The molecule has 1 saturated carbocycles. The van der Waals surface area contributed by atoms with Crippen molar-refractivity contribution >= 4 is 64.8 Å². The van der Waals surface area contributed by atoms with E-state index in [9.17, 15) is 52.6 Å². The number of halogens is 3. The van der Waals surface area contributed by atoms with Crippen molar-refractivity contribution in [2.45, 2.75) is 63.0 Å². The number of nitrogens with zero attached hydrogens (tertiary/aromatic N) is 2. The zero-order valence-electron chi connectivity index (χ0n) is 37.0. The number of carbonyl (C=O) groups is 5. The topological polar surface area (TPSA) is 211 Å². The lowest BCUT2D eigenvalue weighted by atomic mass is 9.75. The van der Waals surface area contributed by atoms with E-state index in [1.54, 1.807) is 60.7 Å². The number of hydrogen-bond donors (Lipinski definition) is 5. The molecule has 2 aliphatic rings.